The lowest BCUT2D eigenvalue weighted by Gasteiger charge is -2.22. The van der Waals surface area contributed by atoms with Gasteiger partial charge >= 0.3 is 0 Å². The molecule has 0 heterocycles. The molecule has 2 nitrogen and oxygen atoms in total. The second kappa shape index (κ2) is 5.26. The van der Waals surface area contributed by atoms with Gasteiger partial charge in [0.15, 0.2) is 5.78 Å². The highest BCUT2D eigenvalue weighted by molar-refractivity contribution is 5.97. The van der Waals surface area contributed by atoms with Crippen LogP contribution in [0.2, 0.25) is 0 Å². The van der Waals surface area contributed by atoms with E-state index in [0.29, 0.717) is 5.92 Å². The van der Waals surface area contributed by atoms with Gasteiger partial charge in [-0.05, 0) is 30.4 Å². The molecule has 2 N–H and O–H groups in total. The van der Waals surface area contributed by atoms with E-state index in [-0.39, 0.29) is 12.3 Å². The van der Waals surface area contributed by atoms with Gasteiger partial charge in [0.1, 0.15) is 0 Å². The summed E-state index contributed by atoms with van der Waals surface area (Å²) in [5, 5.41) is 0. The summed E-state index contributed by atoms with van der Waals surface area (Å²) in [4.78, 5) is 11.5. The van der Waals surface area contributed by atoms with Gasteiger partial charge in [-0.2, -0.15) is 0 Å². The van der Waals surface area contributed by atoms with Crippen molar-refractivity contribution in [3.05, 3.63) is 35.4 Å². The number of carbonyl (C=O) groups is 1. The zero-order valence-electron chi connectivity index (χ0n) is 9.61. The van der Waals surface area contributed by atoms with Crippen molar-refractivity contribution >= 4 is 5.78 Å². The Balaban J connectivity index is 2.17. The van der Waals surface area contributed by atoms with Crippen molar-refractivity contribution in [2.75, 3.05) is 6.54 Å². The summed E-state index contributed by atoms with van der Waals surface area (Å²) in [6.45, 7) is 0.105. The normalized spacial score (nSPS) is 17.3. The second-order valence-electron chi connectivity index (χ2n) is 4.59. The first-order chi connectivity index (χ1) is 7.81. The van der Waals surface area contributed by atoms with E-state index < -0.39 is 0 Å². The highest BCUT2D eigenvalue weighted by Crippen LogP contribution is 2.32. The summed E-state index contributed by atoms with van der Waals surface area (Å²) in [6, 6.07) is 8.02. The minimum Gasteiger partial charge on any atom is -0.324 e. The third-order valence-electron chi connectivity index (χ3n) is 3.47. The van der Waals surface area contributed by atoms with Crippen LogP contribution in [0.1, 0.15) is 53.9 Å². The summed E-state index contributed by atoms with van der Waals surface area (Å²) >= 11 is 0. The number of nitrogens with two attached hydrogens (primary N) is 1. The van der Waals surface area contributed by atoms with Crippen molar-refractivity contribution in [2.24, 2.45) is 5.73 Å². The predicted molar refractivity (Wildman–Crippen MR) is 65.7 cm³/mol. The Labute approximate surface area is 96.8 Å². The van der Waals surface area contributed by atoms with Crippen LogP contribution in [-0.2, 0) is 0 Å². The highest BCUT2D eigenvalue weighted by atomic mass is 16.1. The zero-order valence-corrected chi connectivity index (χ0v) is 9.61. The number of hydrogen-bond acceptors (Lipinski definition) is 2. The lowest BCUT2D eigenvalue weighted by molar-refractivity contribution is 0.100. The van der Waals surface area contributed by atoms with Crippen LogP contribution in [0.5, 0.6) is 0 Å². The van der Waals surface area contributed by atoms with Crippen LogP contribution in [-0.4, -0.2) is 12.3 Å². The molecule has 2 heteroatoms. The summed E-state index contributed by atoms with van der Waals surface area (Å²) in [6.07, 6.45) is 6.53. The summed E-state index contributed by atoms with van der Waals surface area (Å²) in [7, 11) is 0. The monoisotopic (exact) mass is 217 g/mol. The molecule has 0 unspecified atom stereocenters. The number of hydrogen-bond donors (Lipinski definition) is 1. The molecule has 0 radical (unpaired) electrons. The number of ketones is 1. The molecule has 0 aliphatic heterocycles. The maximum Gasteiger partial charge on any atom is 0.176 e. The minimum atomic E-state index is 0.0395. The Kier molecular flexibility index (Phi) is 3.73. The van der Waals surface area contributed by atoms with E-state index in [0.717, 1.165) is 5.56 Å². The molecule has 1 saturated carbocycles. The van der Waals surface area contributed by atoms with Gasteiger partial charge in [-0.25, -0.2) is 0 Å². The maximum absolute atomic E-state index is 11.5. The smallest absolute Gasteiger partial charge is 0.176 e. The minimum absolute atomic E-state index is 0.0395. The molecule has 0 saturated heterocycles. The van der Waals surface area contributed by atoms with Gasteiger partial charge in [-0.1, -0.05) is 37.5 Å². The van der Waals surface area contributed by atoms with Crippen LogP contribution in [0.3, 0.4) is 0 Å². The first-order valence-electron chi connectivity index (χ1n) is 6.14. The van der Waals surface area contributed by atoms with E-state index in [2.05, 4.69) is 6.07 Å². The predicted octanol–water partition coefficient (Wildman–Crippen LogP) is 2.88. The Morgan fingerprint density at radius 1 is 1.25 bits per heavy atom. The lowest BCUT2D eigenvalue weighted by Crippen LogP contribution is -2.14. The van der Waals surface area contributed by atoms with Gasteiger partial charge < -0.3 is 5.73 Å². The van der Waals surface area contributed by atoms with Gasteiger partial charge in [0.25, 0.3) is 0 Å². The lowest BCUT2D eigenvalue weighted by atomic mass is 9.83. The molecule has 1 aromatic carbocycles. The molecular weight excluding hydrogens is 198 g/mol. The van der Waals surface area contributed by atoms with Crippen molar-refractivity contribution in [1.29, 1.82) is 0 Å². The van der Waals surface area contributed by atoms with Crippen LogP contribution < -0.4 is 5.73 Å². The number of carbonyl (C=O) groups excluding carboxylic acids is 1. The van der Waals surface area contributed by atoms with E-state index in [1.54, 1.807) is 0 Å². The molecule has 16 heavy (non-hydrogen) atoms. The quantitative estimate of drug-likeness (QED) is 0.791. The largest absolute Gasteiger partial charge is 0.324 e. The standard InChI is InChI=1S/C14H19NO/c15-10-14(16)13-8-4-7-12(9-13)11-5-2-1-3-6-11/h4,7-9,11H,1-3,5-6,10,15H2. The average Bonchev–Trinajstić information content (AvgIpc) is 2.39. The van der Waals surface area contributed by atoms with Gasteiger partial charge in [0.2, 0.25) is 0 Å². The van der Waals surface area contributed by atoms with Crippen LogP contribution in [0.15, 0.2) is 24.3 Å². The average molecular weight is 217 g/mol. The van der Waals surface area contributed by atoms with Crippen molar-refractivity contribution in [2.45, 2.75) is 38.0 Å². The van der Waals surface area contributed by atoms with Crippen LogP contribution in [0.25, 0.3) is 0 Å². The van der Waals surface area contributed by atoms with Crippen LogP contribution in [0, 0.1) is 0 Å². The first-order valence-corrected chi connectivity index (χ1v) is 6.14. The topological polar surface area (TPSA) is 43.1 Å². The molecule has 0 amide bonds. The van der Waals surface area contributed by atoms with E-state index in [1.807, 2.05) is 18.2 Å². The molecule has 2 rings (SSSR count). The molecule has 1 fully saturated rings. The van der Waals surface area contributed by atoms with E-state index in [1.165, 1.54) is 37.7 Å². The molecule has 1 aromatic rings. The molecule has 1 aliphatic carbocycles. The zero-order chi connectivity index (χ0) is 11.4. The van der Waals surface area contributed by atoms with E-state index in [9.17, 15) is 4.79 Å². The number of rotatable bonds is 3. The third kappa shape index (κ3) is 2.50. The fourth-order valence-corrected chi connectivity index (χ4v) is 2.52. The molecule has 1 aliphatic rings. The summed E-state index contributed by atoms with van der Waals surface area (Å²) in [5.74, 6) is 0.692. The van der Waals surface area contributed by atoms with Crippen molar-refractivity contribution in [3.63, 3.8) is 0 Å². The first kappa shape index (κ1) is 11.3. The fourth-order valence-electron chi connectivity index (χ4n) is 2.52. The third-order valence-corrected chi connectivity index (χ3v) is 3.47. The second-order valence-corrected chi connectivity index (χ2v) is 4.59. The molecule has 0 bridgehead atoms. The fraction of sp³-hybridized carbons (Fsp3) is 0.500. The number of benzene rings is 1. The molecule has 0 spiro atoms. The Morgan fingerprint density at radius 3 is 2.69 bits per heavy atom. The van der Waals surface area contributed by atoms with Crippen LogP contribution >= 0.6 is 0 Å². The van der Waals surface area contributed by atoms with Crippen molar-refractivity contribution in [1.82, 2.24) is 0 Å². The van der Waals surface area contributed by atoms with Crippen molar-refractivity contribution < 1.29 is 4.79 Å². The van der Waals surface area contributed by atoms with Crippen LogP contribution in [0.4, 0.5) is 0 Å². The highest BCUT2D eigenvalue weighted by Gasteiger charge is 2.16. The van der Waals surface area contributed by atoms with Gasteiger partial charge in [-0.15, -0.1) is 0 Å². The summed E-state index contributed by atoms with van der Waals surface area (Å²) < 4.78 is 0. The van der Waals surface area contributed by atoms with Gasteiger partial charge in [0, 0.05) is 5.56 Å². The Hall–Kier alpha value is -1.15. The Bertz CT molecular complexity index is 367. The molecule has 0 atom stereocenters. The maximum atomic E-state index is 11.5. The van der Waals surface area contributed by atoms with Gasteiger partial charge in [-0.3, -0.25) is 4.79 Å². The van der Waals surface area contributed by atoms with E-state index in [4.69, 9.17) is 5.73 Å². The summed E-state index contributed by atoms with van der Waals surface area (Å²) in [5.41, 5.74) is 7.47. The van der Waals surface area contributed by atoms with E-state index >= 15 is 0 Å². The molecule has 0 aromatic heterocycles. The SMILES string of the molecule is NCC(=O)c1cccc(C2CCCCC2)c1. The number of Topliss-reactive ketones (excluding diaryl/α,β-unsaturated/α-hetero) is 1. The van der Waals surface area contributed by atoms with Crippen molar-refractivity contribution in [3.8, 4) is 0 Å². The Morgan fingerprint density at radius 2 is 2.00 bits per heavy atom. The van der Waals surface area contributed by atoms with Gasteiger partial charge in [0.05, 0.1) is 6.54 Å². The molecular formula is C14H19NO. The molecule has 86 valence electrons.